The molecule has 0 spiro atoms. The fourth-order valence-electron chi connectivity index (χ4n) is 2.97. The molecule has 1 aliphatic carbocycles. The topological polar surface area (TPSA) is 91.0 Å². The van der Waals surface area contributed by atoms with Gasteiger partial charge >= 0.3 is 12.1 Å². The smallest absolute Gasteiger partial charge is 0.435 e. The molecule has 0 aromatic carbocycles. The van der Waals surface area contributed by atoms with Gasteiger partial charge in [-0.15, -0.1) is 0 Å². The van der Waals surface area contributed by atoms with E-state index in [0.717, 1.165) is 18.9 Å². The summed E-state index contributed by atoms with van der Waals surface area (Å²) in [5.41, 5.74) is -0.273. The summed E-state index contributed by atoms with van der Waals surface area (Å²) in [5.74, 6) is -1.07. The number of hydrogen-bond acceptors (Lipinski definition) is 5. The third-order valence-corrected chi connectivity index (χ3v) is 4.54. The first-order valence-electron chi connectivity index (χ1n) is 9.81. The van der Waals surface area contributed by atoms with E-state index >= 15 is 0 Å². The standard InChI is InChI=1S/C19H24F3N5O3/c1-4-26-10-13(17(25-26)18(29)30-11(2)3)23-16(28)7-8-27-14(12-5-6-12)9-15(24-27)19(20,21)22/h9-12H,4-8H2,1-3H3,(H,23,28). The lowest BCUT2D eigenvalue weighted by atomic mass is 10.2. The van der Waals surface area contributed by atoms with Crippen LogP contribution in [0.1, 0.15) is 67.8 Å². The molecule has 1 amide bonds. The normalized spacial score (nSPS) is 14.2. The Hall–Kier alpha value is -2.85. The predicted molar refractivity (Wildman–Crippen MR) is 101 cm³/mol. The first-order valence-corrected chi connectivity index (χ1v) is 9.81. The van der Waals surface area contributed by atoms with Crippen molar-refractivity contribution in [2.75, 3.05) is 5.32 Å². The van der Waals surface area contributed by atoms with Crippen LogP contribution in [0.2, 0.25) is 0 Å². The molecule has 1 fully saturated rings. The molecule has 1 saturated carbocycles. The summed E-state index contributed by atoms with van der Waals surface area (Å²) >= 11 is 0. The Bertz CT molecular complexity index is 928. The Morgan fingerprint density at radius 1 is 1.30 bits per heavy atom. The molecule has 2 aromatic rings. The summed E-state index contributed by atoms with van der Waals surface area (Å²) < 4.78 is 46.9. The van der Waals surface area contributed by atoms with Crippen LogP contribution >= 0.6 is 0 Å². The molecule has 3 rings (SSSR count). The molecule has 0 atom stereocenters. The van der Waals surface area contributed by atoms with Crippen LogP contribution in [0.15, 0.2) is 12.3 Å². The number of rotatable bonds is 8. The average Bonchev–Trinajstić information content (AvgIpc) is 3.25. The molecule has 2 aromatic heterocycles. The van der Waals surface area contributed by atoms with Crippen molar-refractivity contribution in [1.29, 1.82) is 0 Å². The minimum absolute atomic E-state index is 0.00142. The summed E-state index contributed by atoms with van der Waals surface area (Å²) in [6.07, 6.45) is -1.84. The third kappa shape index (κ3) is 5.19. The SMILES string of the molecule is CCn1cc(NC(=O)CCn2nc(C(F)(F)F)cc2C2CC2)c(C(=O)OC(C)C)n1. The number of hydrogen-bond donors (Lipinski definition) is 1. The Morgan fingerprint density at radius 2 is 2.00 bits per heavy atom. The van der Waals surface area contributed by atoms with Crippen molar-refractivity contribution < 1.29 is 27.5 Å². The molecule has 0 saturated heterocycles. The van der Waals surface area contributed by atoms with Gasteiger partial charge in [0.2, 0.25) is 5.91 Å². The zero-order valence-corrected chi connectivity index (χ0v) is 17.0. The van der Waals surface area contributed by atoms with E-state index in [-0.39, 0.29) is 36.4 Å². The van der Waals surface area contributed by atoms with Gasteiger partial charge in [0, 0.05) is 37.3 Å². The number of aryl methyl sites for hydroxylation is 2. The second-order valence-electron chi connectivity index (χ2n) is 7.45. The molecule has 0 aliphatic heterocycles. The highest BCUT2D eigenvalue weighted by atomic mass is 19.4. The number of halogens is 3. The Balaban J connectivity index is 1.69. The molecule has 0 unspecified atom stereocenters. The molecule has 1 N–H and O–H groups in total. The van der Waals surface area contributed by atoms with E-state index in [1.807, 2.05) is 6.92 Å². The van der Waals surface area contributed by atoms with Crippen molar-refractivity contribution in [2.24, 2.45) is 0 Å². The summed E-state index contributed by atoms with van der Waals surface area (Å²) in [4.78, 5) is 24.6. The van der Waals surface area contributed by atoms with Gasteiger partial charge in [-0.3, -0.25) is 14.2 Å². The van der Waals surface area contributed by atoms with Gasteiger partial charge in [-0.05, 0) is 39.7 Å². The van der Waals surface area contributed by atoms with Crippen molar-refractivity contribution in [3.63, 3.8) is 0 Å². The van der Waals surface area contributed by atoms with Crippen molar-refractivity contribution in [3.8, 4) is 0 Å². The fraction of sp³-hybridized carbons (Fsp3) is 0.579. The Labute approximate surface area is 171 Å². The van der Waals surface area contributed by atoms with Crippen molar-refractivity contribution in [2.45, 2.75) is 71.3 Å². The van der Waals surface area contributed by atoms with Gasteiger partial charge in [-0.2, -0.15) is 23.4 Å². The molecule has 0 radical (unpaired) electrons. The zero-order chi connectivity index (χ0) is 22.1. The van der Waals surface area contributed by atoms with Crippen LogP contribution < -0.4 is 5.32 Å². The van der Waals surface area contributed by atoms with Gasteiger partial charge in [0.05, 0.1) is 11.8 Å². The molecular weight excluding hydrogens is 403 g/mol. The molecule has 8 nitrogen and oxygen atoms in total. The predicted octanol–water partition coefficient (Wildman–Crippen LogP) is 3.59. The van der Waals surface area contributed by atoms with E-state index < -0.39 is 23.7 Å². The van der Waals surface area contributed by atoms with E-state index in [1.165, 1.54) is 15.6 Å². The van der Waals surface area contributed by atoms with E-state index in [9.17, 15) is 22.8 Å². The molecular formula is C19H24F3N5O3. The van der Waals surface area contributed by atoms with Gasteiger partial charge in [0.15, 0.2) is 11.4 Å². The van der Waals surface area contributed by atoms with Crippen LogP contribution in [0.5, 0.6) is 0 Å². The van der Waals surface area contributed by atoms with Crippen LogP contribution in [-0.2, 0) is 28.8 Å². The van der Waals surface area contributed by atoms with Crippen LogP contribution in [0.25, 0.3) is 0 Å². The summed E-state index contributed by atoms with van der Waals surface area (Å²) in [7, 11) is 0. The van der Waals surface area contributed by atoms with Gasteiger partial charge in [-0.1, -0.05) is 0 Å². The number of alkyl halides is 3. The van der Waals surface area contributed by atoms with Crippen LogP contribution in [0, 0.1) is 0 Å². The minimum Gasteiger partial charge on any atom is -0.458 e. The monoisotopic (exact) mass is 427 g/mol. The van der Waals surface area contributed by atoms with Crippen molar-refractivity contribution in [1.82, 2.24) is 19.6 Å². The lowest BCUT2D eigenvalue weighted by Crippen LogP contribution is -2.19. The molecule has 0 bridgehead atoms. The van der Waals surface area contributed by atoms with Gasteiger partial charge < -0.3 is 10.1 Å². The van der Waals surface area contributed by atoms with Crippen LogP contribution in [-0.4, -0.2) is 37.5 Å². The number of amides is 1. The second kappa shape index (κ2) is 8.49. The Morgan fingerprint density at radius 3 is 2.57 bits per heavy atom. The maximum Gasteiger partial charge on any atom is 0.435 e. The molecule has 164 valence electrons. The van der Waals surface area contributed by atoms with E-state index in [1.54, 1.807) is 13.8 Å². The highest BCUT2D eigenvalue weighted by molar-refractivity contribution is 5.99. The first-order chi connectivity index (χ1) is 14.1. The number of nitrogens with zero attached hydrogens (tertiary/aromatic N) is 4. The maximum atomic E-state index is 13.0. The van der Waals surface area contributed by atoms with E-state index in [2.05, 4.69) is 15.5 Å². The lowest BCUT2D eigenvalue weighted by molar-refractivity contribution is -0.141. The lowest BCUT2D eigenvalue weighted by Gasteiger charge is -2.09. The zero-order valence-electron chi connectivity index (χ0n) is 17.0. The average molecular weight is 427 g/mol. The van der Waals surface area contributed by atoms with Crippen molar-refractivity contribution in [3.05, 3.63) is 29.3 Å². The highest BCUT2D eigenvalue weighted by Crippen LogP contribution is 2.42. The summed E-state index contributed by atoms with van der Waals surface area (Å²) in [6, 6.07) is 1.06. The molecule has 11 heteroatoms. The van der Waals surface area contributed by atoms with Gasteiger partial charge in [-0.25, -0.2) is 4.79 Å². The van der Waals surface area contributed by atoms with E-state index in [0.29, 0.717) is 12.2 Å². The van der Waals surface area contributed by atoms with Crippen molar-refractivity contribution >= 4 is 17.6 Å². The third-order valence-electron chi connectivity index (χ3n) is 4.54. The number of nitrogens with one attached hydrogen (secondary N) is 1. The van der Waals surface area contributed by atoms with Gasteiger partial charge in [0.25, 0.3) is 0 Å². The van der Waals surface area contributed by atoms with Crippen LogP contribution in [0.4, 0.5) is 18.9 Å². The molecule has 1 aliphatic rings. The van der Waals surface area contributed by atoms with Gasteiger partial charge in [0.1, 0.15) is 0 Å². The Kier molecular flexibility index (Phi) is 6.18. The number of anilines is 1. The first kappa shape index (κ1) is 21.8. The minimum atomic E-state index is -4.53. The quantitative estimate of drug-likeness (QED) is 0.650. The largest absolute Gasteiger partial charge is 0.458 e. The number of carbonyl (C=O) groups excluding carboxylic acids is 2. The molecule has 2 heterocycles. The molecule has 30 heavy (non-hydrogen) atoms. The number of carbonyl (C=O) groups is 2. The maximum absolute atomic E-state index is 13.0. The summed E-state index contributed by atoms with van der Waals surface area (Å²) in [6.45, 7) is 5.70. The highest BCUT2D eigenvalue weighted by Gasteiger charge is 2.37. The summed E-state index contributed by atoms with van der Waals surface area (Å²) in [5, 5.41) is 10.4. The second-order valence-corrected chi connectivity index (χ2v) is 7.45. The van der Waals surface area contributed by atoms with E-state index in [4.69, 9.17) is 4.74 Å². The fourth-order valence-corrected chi connectivity index (χ4v) is 2.97. The van der Waals surface area contributed by atoms with Crippen LogP contribution in [0.3, 0.4) is 0 Å². The number of esters is 1. The number of aromatic nitrogens is 4. The number of ether oxygens (including phenoxy) is 1.